The fourth-order valence-corrected chi connectivity index (χ4v) is 6.90. The molecule has 1 saturated heterocycles. The molecule has 0 spiro atoms. The van der Waals surface area contributed by atoms with Gasteiger partial charge in [0, 0.05) is 6.42 Å². The highest BCUT2D eigenvalue weighted by molar-refractivity contribution is 7.80. The lowest BCUT2D eigenvalue weighted by Gasteiger charge is -2.41. The molecule has 12 nitrogen and oxygen atoms in total. The van der Waals surface area contributed by atoms with Crippen LogP contribution in [-0.4, -0.2) is 95.4 Å². The van der Waals surface area contributed by atoms with Gasteiger partial charge in [-0.15, -0.1) is 0 Å². The van der Waals surface area contributed by atoms with Gasteiger partial charge >= 0.3 is 10.4 Å². The third kappa shape index (κ3) is 24.0. The zero-order valence-corrected chi connectivity index (χ0v) is 32.5. The van der Waals surface area contributed by atoms with Crippen LogP contribution in [0.3, 0.4) is 0 Å². The average molecular weight is 752 g/mol. The van der Waals surface area contributed by atoms with Crippen LogP contribution in [0.2, 0.25) is 0 Å². The molecule has 13 heteroatoms. The minimum atomic E-state index is -5.07. The molecule has 51 heavy (non-hydrogen) atoms. The van der Waals surface area contributed by atoms with Crippen LogP contribution < -0.4 is 5.32 Å². The lowest BCUT2D eigenvalue weighted by molar-refractivity contribution is -0.298. The minimum absolute atomic E-state index is 0.264. The molecule has 0 aromatic carbocycles. The van der Waals surface area contributed by atoms with Crippen molar-refractivity contribution in [2.75, 3.05) is 13.2 Å². The van der Waals surface area contributed by atoms with Gasteiger partial charge in [0.1, 0.15) is 24.4 Å². The SMILES string of the molecule is CCCCCCCCCCC/C=C/C(O)C(COC1OC(CO)C(O)C(OS(=O)(=O)O)C1O)NC(=O)CCCCCCCCCCCCCCC. The van der Waals surface area contributed by atoms with Crippen molar-refractivity contribution in [2.45, 2.75) is 211 Å². The van der Waals surface area contributed by atoms with Gasteiger partial charge in [-0.05, 0) is 19.3 Å². The number of hydrogen-bond donors (Lipinski definition) is 6. The Morgan fingerprint density at radius 3 is 1.71 bits per heavy atom. The maximum Gasteiger partial charge on any atom is 0.397 e. The first kappa shape index (κ1) is 47.9. The zero-order valence-electron chi connectivity index (χ0n) is 31.7. The van der Waals surface area contributed by atoms with Crippen molar-refractivity contribution in [2.24, 2.45) is 0 Å². The second-order valence-electron chi connectivity index (χ2n) is 14.2. The van der Waals surface area contributed by atoms with Crippen LogP contribution in [-0.2, 0) is 28.9 Å². The van der Waals surface area contributed by atoms with Crippen LogP contribution in [0.15, 0.2) is 12.2 Å². The highest BCUT2D eigenvalue weighted by atomic mass is 32.3. The number of nitrogens with one attached hydrogen (secondary N) is 1. The lowest BCUT2D eigenvalue weighted by Crippen LogP contribution is -2.61. The molecular weight excluding hydrogens is 678 g/mol. The van der Waals surface area contributed by atoms with Crippen LogP contribution in [0.25, 0.3) is 0 Å². The van der Waals surface area contributed by atoms with E-state index < -0.39 is 59.9 Å². The molecule has 0 bridgehead atoms. The smallest absolute Gasteiger partial charge is 0.394 e. The van der Waals surface area contributed by atoms with E-state index in [2.05, 4.69) is 23.3 Å². The highest BCUT2D eigenvalue weighted by Gasteiger charge is 2.48. The fraction of sp³-hybridized carbons (Fsp3) is 0.921. The first-order valence-corrected chi connectivity index (χ1v) is 21.4. The lowest BCUT2D eigenvalue weighted by atomic mass is 9.99. The van der Waals surface area contributed by atoms with Gasteiger partial charge in [0.2, 0.25) is 5.91 Å². The van der Waals surface area contributed by atoms with Crippen LogP contribution in [0, 0.1) is 0 Å². The van der Waals surface area contributed by atoms with E-state index in [9.17, 15) is 33.6 Å². The monoisotopic (exact) mass is 751 g/mol. The van der Waals surface area contributed by atoms with Gasteiger partial charge < -0.3 is 35.2 Å². The van der Waals surface area contributed by atoms with Gasteiger partial charge in [-0.1, -0.05) is 154 Å². The number of rotatable bonds is 33. The summed E-state index contributed by atoms with van der Waals surface area (Å²) < 4.78 is 47.3. The Kier molecular flexibility index (Phi) is 28.3. The Morgan fingerprint density at radius 2 is 1.24 bits per heavy atom. The van der Waals surface area contributed by atoms with E-state index in [-0.39, 0.29) is 18.9 Å². The van der Waals surface area contributed by atoms with E-state index in [1.165, 1.54) is 103 Å². The molecule has 1 heterocycles. The topological polar surface area (TPSA) is 192 Å². The van der Waals surface area contributed by atoms with Crippen molar-refractivity contribution in [1.82, 2.24) is 5.32 Å². The van der Waals surface area contributed by atoms with E-state index in [0.29, 0.717) is 6.42 Å². The molecule has 6 N–H and O–H groups in total. The van der Waals surface area contributed by atoms with E-state index in [4.69, 9.17) is 14.0 Å². The molecule has 0 aromatic heterocycles. The molecule has 0 aliphatic carbocycles. The summed E-state index contributed by atoms with van der Waals surface area (Å²) in [7, 11) is -5.07. The third-order valence-corrected chi connectivity index (χ3v) is 10.0. The summed E-state index contributed by atoms with van der Waals surface area (Å²) in [6.07, 6.45) is 21.2. The first-order chi connectivity index (χ1) is 24.5. The van der Waals surface area contributed by atoms with Crippen LogP contribution in [0.5, 0.6) is 0 Å². The number of amides is 1. The number of unbranched alkanes of at least 4 members (excludes halogenated alkanes) is 21. The van der Waals surface area contributed by atoms with Gasteiger partial charge in [-0.25, -0.2) is 4.18 Å². The van der Waals surface area contributed by atoms with Crippen LogP contribution in [0.4, 0.5) is 0 Å². The van der Waals surface area contributed by atoms with E-state index in [1.807, 2.05) is 6.08 Å². The number of aliphatic hydroxyl groups is 4. The third-order valence-electron chi connectivity index (χ3n) is 9.57. The Labute approximate surface area is 309 Å². The molecule has 0 saturated carbocycles. The maximum absolute atomic E-state index is 12.9. The van der Waals surface area contributed by atoms with Gasteiger partial charge in [0.05, 0.1) is 25.4 Å². The van der Waals surface area contributed by atoms with Crippen LogP contribution in [0.1, 0.15) is 168 Å². The van der Waals surface area contributed by atoms with E-state index >= 15 is 0 Å². The summed E-state index contributed by atoms with van der Waals surface area (Å²) in [5.74, 6) is -0.264. The largest absolute Gasteiger partial charge is 0.397 e. The molecule has 7 unspecified atom stereocenters. The van der Waals surface area contributed by atoms with E-state index in [0.717, 1.165) is 38.5 Å². The molecule has 0 radical (unpaired) electrons. The Bertz CT molecular complexity index is 983. The molecule has 1 aliphatic rings. The number of aliphatic hydroxyl groups excluding tert-OH is 4. The van der Waals surface area contributed by atoms with Gasteiger partial charge in [0.25, 0.3) is 0 Å². The first-order valence-electron chi connectivity index (χ1n) is 20.1. The quantitative estimate of drug-likeness (QED) is 0.0246. The van der Waals surface area contributed by atoms with Gasteiger partial charge in [0.15, 0.2) is 6.29 Å². The van der Waals surface area contributed by atoms with Crippen molar-refractivity contribution in [3.05, 3.63) is 12.2 Å². The molecule has 0 aromatic rings. The second-order valence-corrected chi connectivity index (χ2v) is 15.3. The van der Waals surface area contributed by atoms with Crippen molar-refractivity contribution < 1.29 is 51.8 Å². The summed E-state index contributed by atoms with van der Waals surface area (Å²) in [6.45, 7) is 3.34. The Hall–Kier alpha value is -1.16. The van der Waals surface area contributed by atoms with Gasteiger partial charge in [-0.2, -0.15) is 8.42 Å². The Balaban J connectivity index is 2.62. The van der Waals surface area contributed by atoms with Crippen LogP contribution >= 0.6 is 0 Å². The predicted octanol–water partition coefficient (Wildman–Crippen LogP) is 6.43. The molecule has 1 rings (SSSR count). The Morgan fingerprint density at radius 1 is 0.765 bits per heavy atom. The second kappa shape index (κ2) is 30.2. The van der Waals surface area contributed by atoms with Crippen molar-refractivity contribution in [3.8, 4) is 0 Å². The number of hydrogen-bond acceptors (Lipinski definition) is 10. The maximum atomic E-state index is 12.9. The molecular formula is C38H73NO11S. The van der Waals surface area contributed by atoms with Crippen molar-refractivity contribution >= 4 is 16.3 Å². The molecule has 1 aliphatic heterocycles. The van der Waals surface area contributed by atoms with Crippen molar-refractivity contribution in [3.63, 3.8) is 0 Å². The summed E-state index contributed by atoms with van der Waals surface area (Å²) in [4.78, 5) is 12.9. The zero-order chi connectivity index (χ0) is 37.7. The summed E-state index contributed by atoms with van der Waals surface area (Å²) in [5, 5.41) is 44.4. The van der Waals surface area contributed by atoms with Crippen molar-refractivity contribution in [1.29, 1.82) is 0 Å². The minimum Gasteiger partial charge on any atom is -0.394 e. The normalized spacial score (nSPS) is 22.4. The molecule has 7 atom stereocenters. The number of carbonyl (C=O) groups is 1. The number of allylic oxidation sites excluding steroid dienone is 1. The molecule has 1 fully saturated rings. The standard InChI is InChI=1S/C38H73NO11S/c1-3-5-7-9-11-13-15-16-18-20-22-24-26-28-34(42)39-31(32(41)27-25-23-21-19-17-14-12-10-8-6-4-2)30-48-38-36(44)37(50-51(45,46)47)35(43)33(29-40)49-38/h25,27,31-33,35-38,40-41,43-44H,3-24,26,28-30H2,1-2H3,(H,39,42)(H,45,46,47)/b27-25+. The number of carbonyl (C=O) groups excluding carboxylic acids is 1. The van der Waals surface area contributed by atoms with E-state index in [1.54, 1.807) is 6.08 Å². The summed E-state index contributed by atoms with van der Waals surface area (Å²) >= 11 is 0. The molecule has 1 amide bonds. The summed E-state index contributed by atoms with van der Waals surface area (Å²) in [6, 6.07) is -0.935. The highest BCUT2D eigenvalue weighted by Crippen LogP contribution is 2.26. The van der Waals surface area contributed by atoms with Gasteiger partial charge in [-0.3, -0.25) is 9.35 Å². The fourth-order valence-electron chi connectivity index (χ4n) is 6.39. The average Bonchev–Trinajstić information content (AvgIpc) is 3.09. The summed E-state index contributed by atoms with van der Waals surface area (Å²) in [5.41, 5.74) is 0. The molecule has 302 valence electrons. The predicted molar refractivity (Wildman–Crippen MR) is 199 cm³/mol. The number of ether oxygens (including phenoxy) is 2.